The molecule has 1 rings (SSSR count). The van der Waals surface area contributed by atoms with Crippen molar-refractivity contribution in [3.05, 3.63) is 35.1 Å². The van der Waals surface area contributed by atoms with Crippen molar-refractivity contribution in [2.24, 2.45) is 0 Å². The Labute approximate surface area is 114 Å². The number of hydrogen-bond donors (Lipinski definition) is 1. The Morgan fingerprint density at radius 3 is 2.60 bits per heavy atom. The highest BCUT2D eigenvalue weighted by Gasteiger charge is 2.26. The first-order valence-electron chi connectivity index (χ1n) is 5.94. The lowest BCUT2D eigenvalue weighted by Crippen LogP contribution is -2.11. The fraction of sp³-hybridized carbons (Fsp3) is 0.429. The molecule has 0 bridgehead atoms. The zero-order chi connectivity index (χ0) is 15.0. The number of aliphatic hydroxyl groups is 1. The first-order valence-corrected chi connectivity index (χ1v) is 5.94. The van der Waals surface area contributed by atoms with E-state index in [4.69, 9.17) is 9.84 Å². The van der Waals surface area contributed by atoms with E-state index in [1.807, 2.05) is 0 Å². The molecule has 2 nitrogen and oxygen atoms in total. The number of benzene rings is 1. The van der Waals surface area contributed by atoms with Gasteiger partial charge >= 0.3 is 6.18 Å². The maximum absolute atomic E-state index is 13.3. The molecule has 1 aromatic rings. The van der Waals surface area contributed by atoms with E-state index in [0.717, 1.165) is 0 Å². The lowest BCUT2D eigenvalue weighted by Gasteiger charge is -2.07. The van der Waals surface area contributed by atoms with Gasteiger partial charge in [0.2, 0.25) is 0 Å². The van der Waals surface area contributed by atoms with Crippen LogP contribution in [0, 0.1) is 17.7 Å². The molecular weight excluding hydrogens is 276 g/mol. The summed E-state index contributed by atoms with van der Waals surface area (Å²) in [7, 11) is 0. The minimum Gasteiger partial charge on any atom is -0.395 e. The molecule has 110 valence electrons. The van der Waals surface area contributed by atoms with Gasteiger partial charge in [0, 0.05) is 12.0 Å². The number of aliphatic hydroxyl groups excluding tert-OH is 1. The van der Waals surface area contributed by atoms with Crippen LogP contribution in [0.2, 0.25) is 0 Å². The Hall–Kier alpha value is -1.58. The quantitative estimate of drug-likeness (QED) is 0.513. The van der Waals surface area contributed by atoms with E-state index < -0.39 is 25.0 Å². The molecule has 20 heavy (non-hydrogen) atoms. The van der Waals surface area contributed by atoms with Gasteiger partial charge in [0.25, 0.3) is 0 Å². The molecule has 0 saturated carbocycles. The highest BCUT2D eigenvalue weighted by atomic mass is 19.4. The largest absolute Gasteiger partial charge is 0.395 e. The second kappa shape index (κ2) is 7.88. The molecule has 0 aliphatic heterocycles. The van der Waals surface area contributed by atoms with Crippen LogP contribution in [0.3, 0.4) is 0 Å². The van der Waals surface area contributed by atoms with Gasteiger partial charge in [0.05, 0.1) is 26.2 Å². The summed E-state index contributed by atoms with van der Waals surface area (Å²) >= 11 is 0. The topological polar surface area (TPSA) is 29.5 Å². The number of alkyl halides is 3. The molecular formula is C14H14F4O2. The average Bonchev–Trinajstić information content (AvgIpc) is 2.33. The molecule has 1 N–H and O–H groups in total. The summed E-state index contributed by atoms with van der Waals surface area (Å²) in [5.74, 6) is 4.76. The van der Waals surface area contributed by atoms with Gasteiger partial charge in [-0.25, -0.2) is 4.39 Å². The SMILES string of the molecule is OCCC#Cc1cc(F)cc(COCCC(F)(F)F)c1. The monoisotopic (exact) mass is 290 g/mol. The molecule has 0 heterocycles. The van der Waals surface area contributed by atoms with Crippen LogP contribution in [-0.4, -0.2) is 24.5 Å². The van der Waals surface area contributed by atoms with Crippen LogP contribution in [-0.2, 0) is 11.3 Å². The minimum absolute atomic E-state index is 0.0876. The van der Waals surface area contributed by atoms with Gasteiger partial charge in [-0.2, -0.15) is 13.2 Å². The lowest BCUT2D eigenvalue weighted by atomic mass is 10.1. The Kier molecular flexibility index (Phi) is 6.49. The summed E-state index contributed by atoms with van der Waals surface area (Å²) in [6.07, 6.45) is -5.03. The van der Waals surface area contributed by atoms with Gasteiger partial charge in [-0.05, 0) is 23.8 Å². The molecule has 0 fully saturated rings. The first-order chi connectivity index (χ1) is 9.40. The Balaban J connectivity index is 2.56. The lowest BCUT2D eigenvalue weighted by molar-refractivity contribution is -0.146. The van der Waals surface area contributed by atoms with Gasteiger partial charge in [-0.1, -0.05) is 11.8 Å². The molecule has 0 amide bonds. The Morgan fingerprint density at radius 2 is 1.95 bits per heavy atom. The van der Waals surface area contributed by atoms with E-state index in [0.29, 0.717) is 11.1 Å². The van der Waals surface area contributed by atoms with Crippen LogP contribution < -0.4 is 0 Å². The second-order valence-corrected chi connectivity index (χ2v) is 4.04. The van der Waals surface area contributed by atoms with Crippen molar-refractivity contribution in [1.82, 2.24) is 0 Å². The Morgan fingerprint density at radius 1 is 1.20 bits per heavy atom. The highest BCUT2D eigenvalue weighted by molar-refractivity contribution is 5.37. The minimum atomic E-state index is -4.26. The van der Waals surface area contributed by atoms with Crippen molar-refractivity contribution >= 4 is 0 Å². The predicted molar refractivity (Wildman–Crippen MR) is 65.3 cm³/mol. The van der Waals surface area contributed by atoms with Gasteiger partial charge in [-0.3, -0.25) is 0 Å². The highest BCUT2D eigenvalue weighted by Crippen LogP contribution is 2.19. The van der Waals surface area contributed by atoms with Crippen LogP contribution >= 0.6 is 0 Å². The van der Waals surface area contributed by atoms with E-state index in [9.17, 15) is 17.6 Å². The zero-order valence-corrected chi connectivity index (χ0v) is 10.6. The molecule has 0 spiro atoms. The summed E-state index contributed by atoms with van der Waals surface area (Å²) in [5, 5.41) is 8.57. The van der Waals surface area contributed by atoms with Gasteiger partial charge in [0.15, 0.2) is 0 Å². The molecule has 6 heteroatoms. The van der Waals surface area contributed by atoms with Crippen molar-refractivity contribution < 1.29 is 27.4 Å². The maximum atomic E-state index is 13.3. The summed E-state index contributed by atoms with van der Waals surface area (Å²) in [4.78, 5) is 0. The third kappa shape index (κ3) is 7.12. The van der Waals surface area contributed by atoms with Gasteiger partial charge < -0.3 is 9.84 Å². The van der Waals surface area contributed by atoms with Crippen molar-refractivity contribution in [3.63, 3.8) is 0 Å². The molecule has 0 saturated heterocycles. The fourth-order valence-electron chi connectivity index (χ4n) is 1.40. The average molecular weight is 290 g/mol. The molecule has 0 atom stereocenters. The fourth-order valence-corrected chi connectivity index (χ4v) is 1.40. The van der Waals surface area contributed by atoms with Gasteiger partial charge in [-0.15, -0.1) is 0 Å². The number of hydrogen-bond acceptors (Lipinski definition) is 2. The van der Waals surface area contributed by atoms with Crippen LogP contribution in [0.1, 0.15) is 24.0 Å². The number of halogens is 4. The summed E-state index contributed by atoms with van der Waals surface area (Å²) in [6.45, 7) is -0.663. The van der Waals surface area contributed by atoms with Crippen LogP contribution in [0.4, 0.5) is 17.6 Å². The third-order valence-corrected chi connectivity index (χ3v) is 2.23. The van der Waals surface area contributed by atoms with E-state index in [-0.39, 0.29) is 19.6 Å². The Bertz CT molecular complexity index is 486. The summed E-state index contributed by atoms with van der Waals surface area (Å²) in [5.41, 5.74) is 0.813. The molecule has 1 aromatic carbocycles. The van der Waals surface area contributed by atoms with Crippen molar-refractivity contribution in [1.29, 1.82) is 0 Å². The van der Waals surface area contributed by atoms with E-state index in [1.165, 1.54) is 12.1 Å². The molecule has 0 aliphatic rings. The standard InChI is InChI=1S/C14H14F4O2/c15-13-8-11(3-1-2-5-19)7-12(9-13)10-20-6-4-14(16,17)18/h7-9,19H,2,4-6,10H2. The summed E-state index contributed by atoms with van der Waals surface area (Å²) < 4.78 is 53.9. The second-order valence-electron chi connectivity index (χ2n) is 4.04. The molecule has 0 radical (unpaired) electrons. The van der Waals surface area contributed by atoms with Crippen LogP contribution in [0.15, 0.2) is 18.2 Å². The van der Waals surface area contributed by atoms with Crippen molar-refractivity contribution in [2.45, 2.75) is 25.6 Å². The predicted octanol–water partition coefficient (Wildman–Crippen LogP) is 3.03. The van der Waals surface area contributed by atoms with Gasteiger partial charge in [0.1, 0.15) is 5.82 Å². The molecule has 0 aliphatic carbocycles. The number of rotatable bonds is 5. The normalized spacial score (nSPS) is 11.1. The first kappa shape index (κ1) is 16.5. The van der Waals surface area contributed by atoms with E-state index >= 15 is 0 Å². The van der Waals surface area contributed by atoms with Crippen molar-refractivity contribution in [2.75, 3.05) is 13.2 Å². The van der Waals surface area contributed by atoms with E-state index in [1.54, 1.807) is 6.07 Å². The van der Waals surface area contributed by atoms with Crippen molar-refractivity contribution in [3.8, 4) is 11.8 Å². The van der Waals surface area contributed by atoms with E-state index in [2.05, 4.69) is 11.8 Å². The third-order valence-electron chi connectivity index (χ3n) is 2.23. The van der Waals surface area contributed by atoms with Crippen LogP contribution in [0.25, 0.3) is 0 Å². The zero-order valence-electron chi connectivity index (χ0n) is 10.6. The van der Waals surface area contributed by atoms with Crippen LogP contribution in [0.5, 0.6) is 0 Å². The summed E-state index contributed by atoms with van der Waals surface area (Å²) in [6, 6.07) is 3.94. The maximum Gasteiger partial charge on any atom is 0.391 e. The number of ether oxygens (including phenoxy) is 1. The molecule has 0 unspecified atom stereocenters. The molecule has 0 aromatic heterocycles. The smallest absolute Gasteiger partial charge is 0.391 e.